The molecule has 126 valence electrons. The average molecular weight is 462 g/mol. The van der Waals surface area contributed by atoms with E-state index >= 15 is 0 Å². The molecular weight excluding hydrogens is 448 g/mol. The molecule has 0 aliphatic carbocycles. The maximum absolute atomic E-state index is 13.2. The van der Waals surface area contributed by atoms with Crippen molar-refractivity contribution in [1.82, 2.24) is 5.32 Å². The Labute approximate surface area is 157 Å². The number of halogens is 3. The lowest BCUT2D eigenvalue weighted by Crippen LogP contribution is -2.31. The maximum Gasteiger partial charge on any atom is 0.307 e. The molecule has 0 bridgehead atoms. The smallest absolute Gasteiger partial charge is 0.307 e. The van der Waals surface area contributed by atoms with E-state index in [-0.39, 0.29) is 6.42 Å². The third kappa shape index (κ3) is 4.91. The van der Waals surface area contributed by atoms with Crippen LogP contribution in [-0.4, -0.2) is 19.0 Å². The lowest BCUT2D eigenvalue weighted by Gasteiger charge is -2.19. The number of carbonyl (C=O) groups excluding carboxylic acids is 2. The van der Waals surface area contributed by atoms with E-state index in [1.165, 1.54) is 25.3 Å². The van der Waals surface area contributed by atoms with Crippen LogP contribution in [0.15, 0.2) is 42.5 Å². The normalized spacial score (nSPS) is 11.7. The Bertz CT molecular complexity index is 752. The van der Waals surface area contributed by atoms with E-state index in [1.807, 2.05) is 22.6 Å². The van der Waals surface area contributed by atoms with Crippen LogP contribution in [0.2, 0.25) is 5.02 Å². The number of amides is 1. The fraction of sp³-hybridized carbons (Fsp3) is 0.176. The van der Waals surface area contributed by atoms with Gasteiger partial charge in [0.1, 0.15) is 5.82 Å². The molecule has 0 spiro atoms. The third-order valence-electron chi connectivity index (χ3n) is 3.35. The van der Waals surface area contributed by atoms with Gasteiger partial charge in [-0.15, -0.1) is 0 Å². The molecule has 0 aromatic heterocycles. The summed E-state index contributed by atoms with van der Waals surface area (Å²) in [5, 5.41) is 3.34. The summed E-state index contributed by atoms with van der Waals surface area (Å²) in [5.74, 6) is -1.27. The van der Waals surface area contributed by atoms with Crippen LogP contribution in [0, 0.1) is 9.39 Å². The van der Waals surface area contributed by atoms with Crippen molar-refractivity contribution < 1.29 is 18.7 Å². The fourth-order valence-electron chi connectivity index (χ4n) is 2.11. The van der Waals surface area contributed by atoms with Gasteiger partial charge in [-0.3, -0.25) is 9.59 Å². The summed E-state index contributed by atoms with van der Waals surface area (Å²) in [7, 11) is 1.28. The average Bonchev–Trinajstić information content (AvgIpc) is 2.54. The summed E-state index contributed by atoms with van der Waals surface area (Å²) in [4.78, 5) is 24.1. The van der Waals surface area contributed by atoms with Crippen molar-refractivity contribution in [3.05, 3.63) is 68.0 Å². The van der Waals surface area contributed by atoms with Gasteiger partial charge in [-0.2, -0.15) is 0 Å². The molecular formula is C17H14ClFINO3. The molecule has 2 rings (SSSR count). The van der Waals surface area contributed by atoms with Gasteiger partial charge in [0.25, 0.3) is 5.91 Å². The summed E-state index contributed by atoms with van der Waals surface area (Å²) in [6.07, 6.45) is -0.0261. The van der Waals surface area contributed by atoms with Gasteiger partial charge >= 0.3 is 5.97 Å². The third-order valence-corrected chi connectivity index (χ3v) is 4.50. The first kappa shape index (κ1) is 18.7. The van der Waals surface area contributed by atoms with Gasteiger partial charge < -0.3 is 10.1 Å². The topological polar surface area (TPSA) is 55.4 Å². The van der Waals surface area contributed by atoms with Crippen LogP contribution >= 0.6 is 34.2 Å². The van der Waals surface area contributed by atoms with Crippen molar-refractivity contribution in [2.45, 2.75) is 12.5 Å². The highest BCUT2D eigenvalue weighted by atomic mass is 127. The van der Waals surface area contributed by atoms with Crippen molar-refractivity contribution in [2.75, 3.05) is 7.11 Å². The summed E-state index contributed by atoms with van der Waals surface area (Å²) in [6.45, 7) is 0. The predicted octanol–water partition coefficient (Wildman–Crippen LogP) is 4.12. The number of benzene rings is 2. The molecule has 1 atom stereocenters. The molecule has 0 fully saturated rings. The van der Waals surface area contributed by atoms with Crippen LogP contribution in [0.5, 0.6) is 0 Å². The van der Waals surface area contributed by atoms with E-state index in [1.54, 1.807) is 24.3 Å². The first-order chi connectivity index (χ1) is 11.4. The second-order valence-corrected chi connectivity index (χ2v) is 6.58. The van der Waals surface area contributed by atoms with E-state index in [2.05, 4.69) is 10.1 Å². The van der Waals surface area contributed by atoms with Crippen molar-refractivity contribution in [3.63, 3.8) is 0 Å². The molecule has 0 aliphatic heterocycles. The molecule has 2 aromatic carbocycles. The van der Waals surface area contributed by atoms with Gasteiger partial charge in [0.2, 0.25) is 0 Å². The van der Waals surface area contributed by atoms with Crippen LogP contribution in [0.1, 0.15) is 28.4 Å². The van der Waals surface area contributed by atoms with Crippen LogP contribution in [-0.2, 0) is 9.53 Å². The molecule has 0 heterocycles. The molecule has 0 saturated heterocycles. The molecule has 0 aliphatic rings. The zero-order chi connectivity index (χ0) is 17.7. The first-order valence-corrected chi connectivity index (χ1v) is 8.44. The van der Waals surface area contributed by atoms with Gasteiger partial charge in [0.15, 0.2) is 0 Å². The molecule has 7 heteroatoms. The number of nitrogens with one attached hydrogen (secondary N) is 1. The zero-order valence-corrected chi connectivity index (χ0v) is 15.6. The van der Waals surface area contributed by atoms with Crippen molar-refractivity contribution in [1.29, 1.82) is 0 Å². The van der Waals surface area contributed by atoms with Crippen LogP contribution in [0.4, 0.5) is 4.39 Å². The van der Waals surface area contributed by atoms with E-state index in [9.17, 15) is 14.0 Å². The lowest BCUT2D eigenvalue weighted by molar-refractivity contribution is -0.141. The van der Waals surface area contributed by atoms with E-state index < -0.39 is 23.7 Å². The fourth-order valence-corrected chi connectivity index (χ4v) is 2.96. The summed E-state index contributed by atoms with van der Waals surface area (Å²) in [6, 6.07) is 10.1. The number of ether oxygens (including phenoxy) is 1. The minimum Gasteiger partial charge on any atom is -0.469 e. The Morgan fingerprint density at radius 1 is 1.25 bits per heavy atom. The standard InChI is InChI=1S/C17H14ClFINO3/c1-24-16(22)9-15(10-2-4-11(18)5-3-10)21-17(23)13-7-6-12(19)8-14(13)20/h2-8,15H,9H2,1H3,(H,21,23). The molecule has 4 nitrogen and oxygen atoms in total. The molecule has 24 heavy (non-hydrogen) atoms. The largest absolute Gasteiger partial charge is 0.469 e. The monoisotopic (exact) mass is 461 g/mol. The van der Waals surface area contributed by atoms with Crippen molar-refractivity contribution in [2.24, 2.45) is 0 Å². The summed E-state index contributed by atoms with van der Waals surface area (Å²) < 4.78 is 18.4. The van der Waals surface area contributed by atoms with E-state index in [4.69, 9.17) is 11.6 Å². The number of carbonyl (C=O) groups is 2. The van der Waals surface area contributed by atoms with Gasteiger partial charge in [0.05, 0.1) is 25.1 Å². The molecule has 1 unspecified atom stereocenters. The predicted molar refractivity (Wildman–Crippen MR) is 97.4 cm³/mol. The highest BCUT2D eigenvalue weighted by Gasteiger charge is 2.21. The Morgan fingerprint density at radius 3 is 2.50 bits per heavy atom. The first-order valence-electron chi connectivity index (χ1n) is 6.99. The Balaban J connectivity index is 2.25. The van der Waals surface area contributed by atoms with Crippen LogP contribution in [0.25, 0.3) is 0 Å². The minimum atomic E-state index is -0.580. The number of rotatable bonds is 5. The molecule has 1 amide bonds. The number of hydrogen-bond acceptors (Lipinski definition) is 3. The minimum absolute atomic E-state index is 0.0261. The number of hydrogen-bond donors (Lipinski definition) is 1. The van der Waals surface area contributed by atoms with Crippen LogP contribution < -0.4 is 5.32 Å². The quantitative estimate of drug-likeness (QED) is 0.538. The maximum atomic E-state index is 13.2. The summed E-state index contributed by atoms with van der Waals surface area (Å²) >= 11 is 7.76. The second kappa shape index (κ2) is 8.43. The zero-order valence-electron chi connectivity index (χ0n) is 12.7. The van der Waals surface area contributed by atoms with Crippen molar-refractivity contribution in [3.8, 4) is 0 Å². The highest BCUT2D eigenvalue weighted by molar-refractivity contribution is 14.1. The van der Waals surface area contributed by atoms with Crippen molar-refractivity contribution >= 4 is 46.1 Å². The second-order valence-electron chi connectivity index (χ2n) is 4.98. The van der Waals surface area contributed by atoms with Crippen LogP contribution in [0.3, 0.4) is 0 Å². The van der Waals surface area contributed by atoms with E-state index in [0.29, 0.717) is 14.2 Å². The number of esters is 1. The van der Waals surface area contributed by atoms with Gasteiger partial charge in [-0.05, 0) is 58.5 Å². The number of methoxy groups -OCH3 is 1. The Morgan fingerprint density at radius 2 is 1.92 bits per heavy atom. The van der Waals surface area contributed by atoms with Gasteiger partial charge in [0, 0.05) is 8.59 Å². The molecule has 0 saturated carbocycles. The summed E-state index contributed by atoms with van der Waals surface area (Å²) in [5.41, 5.74) is 1.05. The SMILES string of the molecule is COC(=O)CC(NC(=O)c1ccc(F)cc1I)c1ccc(Cl)cc1. The molecule has 2 aromatic rings. The highest BCUT2D eigenvalue weighted by Crippen LogP contribution is 2.22. The molecule has 0 radical (unpaired) electrons. The van der Waals surface area contributed by atoms with Gasteiger partial charge in [-0.25, -0.2) is 4.39 Å². The lowest BCUT2D eigenvalue weighted by atomic mass is 10.0. The van der Waals surface area contributed by atoms with E-state index in [0.717, 1.165) is 5.56 Å². The van der Waals surface area contributed by atoms with Gasteiger partial charge in [-0.1, -0.05) is 23.7 Å². The Kier molecular flexibility index (Phi) is 6.56. The molecule has 1 N–H and O–H groups in total. The Hall–Kier alpha value is -1.67.